The molecule has 0 aliphatic rings. The lowest BCUT2D eigenvalue weighted by Crippen LogP contribution is -2.21. The summed E-state index contributed by atoms with van der Waals surface area (Å²) in [6.45, 7) is 5.14. The molecule has 4 rings (SSSR count). The Kier molecular flexibility index (Phi) is 7.05. The summed E-state index contributed by atoms with van der Waals surface area (Å²) < 4.78 is 47.5. The van der Waals surface area contributed by atoms with E-state index in [1.165, 1.54) is 29.0 Å². The van der Waals surface area contributed by atoms with E-state index >= 15 is 0 Å². The first-order valence-electron chi connectivity index (χ1n) is 11.2. The number of aryl methyl sites for hydroxylation is 1. The first-order chi connectivity index (χ1) is 17.2. The van der Waals surface area contributed by atoms with Crippen LogP contribution in [0.5, 0.6) is 0 Å². The highest BCUT2D eigenvalue weighted by Gasteiger charge is 2.21. The zero-order valence-corrected chi connectivity index (χ0v) is 19.8. The van der Waals surface area contributed by atoms with Gasteiger partial charge in [0.1, 0.15) is 5.82 Å². The van der Waals surface area contributed by atoms with Gasteiger partial charge in [0, 0.05) is 28.6 Å². The number of carbonyl (C=O) groups excluding carboxylic acids is 1. The van der Waals surface area contributed by atoms with Crippen molar-refractivity contribution in [2.24, 2.45) is 0 Å². The molecule has 0 fully saturated rings. The molecule has 1 atom stereocenters. The minimum Gasteiger partial charge on any atom is -0.462 e. The Labute approximate surface area is 204 Å². The van der Waals surface area contributed by atoms with Crippen molar-refractivity contribution in [3.05, 3.63) is 93.3 Å². The number of ether oxygens (including phenoxy) is 1. The lowest BCUT2D eigenvalue weighted by Gasteiger charge is -2.19. The van der Waals surface area contributed by atoms with Crippen LogP contribution in [0, 0.1) is 12.7 Å². The molecule has 0 saturated carbocycles. The van der Waals surface area contributed by atoms with Gasteiger partial charge in [-0.1, -0.05) is 30.3 Å². The molecule has 2 heterocycles. The average Bonchev–Trinajstić information content (AvgIpc) is 2.85. The summed E-state index contributed by atoms with van der Waals surface area (Å²) in [6, 6.07) is 10.9. The van der Waals surface area contributed by atoms with E-state index < -0.39 is 35.4 Å². The molecule has 1 N–H and O–H groups in total. The Bertz CT molecular complexity index is 1500. The fourth-order valence-electron chi connectivity index (χ4n) is 3.97. The summed E-state index contributed by atoms with van der Waals surface area (Å²) in [6.07, 6.45) is -1.44. The van der Waals surface area contributed by atoms with E-state index in [1.54, 1.807) is 45.0 Å². The van der Waals surface area contributed by atoms with Gasteiger partial charge in [-0.15, -0.1) is 5.10 Å². The standard InChI is InChI=1S/C26H23F3N4O3/c1-4-36-26(35)17-8-5-6-11-21(17)33-13-20-19(12-22(33)34)15(3)31-32-25(20)30-14(2)16-9-7-10-18(23(16)27)24(28)29/h5-14,24H,4H2,1-3H3,(H,30,32)/t14-/m1/s1. The highest BCUT2D eigenvalue weighted by Crippen LogP contribution is 2.30. The third-order valence-corrected chi connectivity index (χ3v) is 5.77. The van der Waals surface area contributed by atoms with Gasteiger partial charge in [0.05, 0.1) is 35.2 Å². The van der Waals surface area contributed by atoms with E-state index in [9.17, 15) is 22.8 Å². The van der Waals surface area contributed by atoms with Crippen LogP contribution in [0.4, 0.5) is 19.0 Å². The van der Waals surface area contributed by atoms with Gasteiger partial charge in [0.15, 0.2) is 5.82 Å². The fraction of sp³-hybridized carbons (Fsp3) is 0.231. The van der Waals surface area contributed by atoms with Gasteiger partial charge in [-0.05, 0) is 32.9 Å². The number of benzene rings is 2. The first-order valence-corrected chi connectivity index (χ1v) is 11.2. The molecule has 4 aromatic rings. The summed E-state index contributed by atoms with van der Waals surface area (Å²) in [4.78, 5) is 25.5. The van der Waals surface area contributed by atoms with E-state index in [2.05, 4.69) is 15.5 Å². The third kappa shape index (κ3) is 4.66. The van der Waals surface area contributed by atoms with Crippen LogP contribution >= 0.6 is 0 Å². The van der Waals surface area contributed by atoms with E-state index in [1.807, 2.05) is 0 Å². The quantitative estimate of drug-likeness (QED) is 0.339. The summed E-state index contributed by atoms with van der Waals surface area (Å²) in [7, 11) is 0. The molecule has 0 bridgehead atoms. The van der Waals surface area contributed by atoms with E-state index in [-0.39, 0.29) is 23.6 Å². The lowest BCUT2D eigenvalue weighted by molar-refractivity contribution is 0.0526. The minimum atomic E-state index is -2.95. The van der Waals surface area contributed by atoms with Crippen LogP contribution in [-0.4, -0.2) is 27.3 Å². The topological polar surface area (TPSA) is 86.1 Å². The van der Waals surface area contributed by atoms with Crippen LogP contribution in [0.15, 0.2) is 59.5 Å². The lowest BCUT2D eigenvalue weighted by atomic mass is 10.0. The van der Waals surface area contributed by atoms with Crippen molar-refractivity contribution < 1.29 is 22.7 Å². The number of para-hydroxylation sites is 1. The summed E-state index contributed by atoms with van der Waals surface area (Å²) in [5, 5.41) is 12.3. The molecule has 10 heteroatoms. The Balaban J connectivity index is 1.83. The Morgan fingerprint density at radius 1 is 1.08 bits per heavy atom. The second-order valence-electron chi connectivity index (χ2n) is 8.10. The Morgan fingerprint density at radius 2 is 1.81 bits per heavy atom. The Morgan fingerprint density at radius 3 is 2.53 bits per heavy atom. The number of pyridine rings is 1. The summed E-state index contributed by atoms with van der Waals surface area (Å²) in [5.74, 6) is -1.37. The Hall–Kier alpha value is -4.21. The molecule has 0 radical (unpaired) electrons. The van der Waals surface area contributed by atoms with Gasteiger partial charge >= 0.3 is 5.97 Å². The monoisotopic (exact) mass is 496 g/mol. The molecule has 0 unspecified atom stereocenters. The van der Waals surface area contributed by atoms with Crippen LogP contribution in [0.1, 0.15) is 53.5 Å². The predicted octanol–water partition coefficient (Wildman–Crippen LogP) is 5.52. The van der Waals surface area contributed by atoms with Crippen molar-refractivity contribution in [2.75, 3.05) is 11.9 Å². The third-order valence-electron chi connectivity index (χ3n) is 5.77. The molecular formula is C26H23F3N4O3. The van der Waals surface area contributed by atoms with Gasteiger partial charge in [-0.2, -0.15) is 5.10 Å². The first kappa shape index (κ1) is 24.9. The molecule has 2 aromatic heterocycles. The van der Waals surface area contributed by atoms with Gasteiger partial charge in [0.25, 0.3) is 12.0 Å². The number of aromatic nitrogens is 3. The van der Waals surface area contributed by atoms with Crippen molar-refractivity contribution in [3.63, 3.8) is 0 Å². The molecular weight excluding hydrogens is 473 g/mol. The maximum Gasteiger partial charge on any atom is 0.340 e. The zero-order chi connectivity index (χ0) is 26.0. The average molecular weight is 496 g/mol. The fourth-order valence-corrected chi connectivity index (χ4v) is 3.97. The van der Waals surface area contributed by atoms with Crippen LogP contribution in [0.3, 0.4) is 0 Å². The maximum atomic E-state index is 14.7. The highest BCUT2D eigenvalue weighted by molar-refractivity contribution is 5.95. The van der Waals surface area contributed by atoms with Gasteiger partial charge in [-0.3, -0.25) is 9.36 Å². The van der Waals surface area contributed by atoms with Crippen LogP contribution in [0.25, 0.3) is 16.5 Å². The summed E-state index contributed by atoms with van der Waals surface area (Å²) in [5.41, 5.74) is -0.0722. The number of nitrogens with one attached hydrogen (secondary N) is 1. The molecule has 0 amide bonds. The SMILES string of the molecule is CCOC(=O)c1ccccc1-n1cc2c(N[C@H](C)c3cccc(C(F)F)c3F)nnc(C)c2cc1=O. The number of hydrogen-bond donors (Lipinski definition) is 1. The van der Waals surface area contributed by atoms with Gasteiger partial charge < -0.3 is 10.1 Å². The number of alkyl halides is 2. The second kappa shape index (κ2) is 10.2. The van der Waals surface area contributed by atoms with Crippen LogP contribution in [-0.2, 0) is 4.74 Å². The molecule has 0 aliphatic carbocycles. The number of hydrogen-bond acceptors (Lipinski definition) is 6. The molecule has 0 aliphatic heterocycles. The maximum absolute atomic E-state index is 14.7. The smallest absolute Gasteiger partial charge is 0.340 e. The molecule has 0 saturated heterocycles. The summed E-state index contributed by atoms with van der Waals surface area (Å²) >= 11 is 0. The van der Waals surface area contributed by atoms with Gasteiger partial charge in [0.2, 0.25) is 0 Å². The van der Waals surface area contributed by atoms with Crippen molar-refractivity contribution in [2.45, 2.75) is 33.2 Å². The van der Waals surface area contributed by atoms with E-state index in [0.717, 1.165) is 6.07 Å². The number of esters is 1. The van der Waals surface area contributed by atoms with Crippen LogP contribution < -0.4 is 10.9 Å². The number of anilines is 1. The predicted molar refractivity (Wildman–Crippen MR) is 129 cm³/mol. The number of carbonyl (C=O) groups is 1. The number of nitrogens with zero attached hydrogens (tertiary/aromatic N) is 3. The van der Waals surface area contributed by atoms with Crippen molar-refractivity contribution in [3.8, 4) is 5.69 Å². The minimum absolute atomic E-state index is 0.0318. The van der Waals surface area contributed by atoms with Crippen LogP contribution in [0.2, 0.25) is 0 Å². The van der Waals surface area contributed by atoms with Crippen molar-refractivity contribution in [1.29, 1.82) is 0 Å². The molecule has 36 heavy (non-hydrogen) atoms. The van der Waals surface area contributed by atoms with E-state index in [0.29, 0.717) is 22.2 Å². The molecule has 0 spiro atoms. The van der Waals surface area contributed by atoms with E-state index in [4.69, 9.17) is 4.74 Å². The number of rotatable bonds is 7. The molecule has 186 valence electrons. The van der Waals surface area contributed by atoms with Crippen molar-refractivity contribution in [1.82, 2.24) is 14.8 Å². The molecule has 2 aromatic carbocycles. The normalized spacial score (nSPS) is 12.1. The van der Waals surface area contributed by atoms with Crippen molar-refractivity contribution >= 4 is 22.6 Å². The second-order valence-corrected chi connectivity index (χ2v) is 8.10. The zero-order valence-electron chi connectivity index (χ0n) is 19.8. The number of fused-ring (bicyclic) bond motifs is 1. The van der Waals surface area contributed by atoms with Gasteiger partial charge in [-0.25, -0.2) is 18.0 Å². The number of halogens is 3. The largest absolute Gasteiger partial charge is 0.462 e. The molecule has 7 nitrogen and oxygen atoms in total. The highest BCUT2D eigenvalue weighted by atomic mass is 19.3.